The van der Waals surface area contributed by atoms with Crippen LogP contribution in [0.1, 0.15) is 11.1 Å². The monoisotopic (exact) mass is 470 g/mol. The first-order valence-electron chi connectivity index (χ1n) is 9.82. The number of aliphatic hydroxyl groups excluding tert-OH is 1. The molecular weight excluding hydrogens is 445 g/mol. The SMILES string of the molecule is CN=CNc1c(Nc2ccc(C(F)(F)F)c(C)c2)nc(N2CCOC(CO)C2)nc1SC. The van der Waals surface area contributed by atoms with Crippen LogP contribution in [0, 0.1) is 6.92 Å². The molecule has 0 aliphatic carbocycles. The highest BCUT2D eigenvalue weighted by atomic mass is 32.2. The van der Waals surface area contributed by atoms with Crippen LogP contribution < -0.4 is 15.5 Å². The summed E-state index contributed by atoms with van der Waals surface area (Å²) in [5.41, 5.74) is 0.428. The number of nitrogens with one attached hydrogen (secondary N) is 2. The van der Waals surface area contributed by atoms with E-state index in [2.05, 4.69) is 25.6 Å². The lowest BCUT2D eigenvalue weighted by Crippen LogP contribution is -2.45. The normalized spacial score (nSPS) is 17.1. The van der Waals surface area contributed by atoms with Crippen LogP contribution in [0.3, 0.4) is 0 Å². The number of nitrogens with zero attached hydrogens (tertiary/aromatic N) is 4. The lowest BCUT2D eigenvalue weighted by Gasteiger charge is -2.32. The van der Waals surface area contributed by atoms with Gasteiger partial charge in [0.05, 0.1) is 31.2 Å². The smallest absolute Gasteiger partial charge is 0.394 e. The van der Waals surface area contributed by atoms with Gasteiger partial charge in [-0.25, -0.2) is 4.98 Å². The molecule has 12 heteroatoms. The molecule has 0 bridgehead atoms. The molecule has 1 fully saturated rings. The van der Waals surface area contributed by atoms with Crippen LogP contribution >= 0.6 is 11.8 Å². The Labute approximate surface area is 188 Å². The topological polar surface area (TPSA) is 94.9 Å². The third-order valence-electron chi connectivity index (χ3n) is 4.82. The Morgan fingerprint density at radius 1 is 1.38 bits per heavy atom. The minimum absolute atomic E-state index is 0.102. The molecular formula is C20H25F3N6O2S. The Bertz CT molecular complexity index is 973. The maximum Gasteiger partial charge on any atom is 0.416 e. The van der Waals surface area contributed by atoms with Gasteiger partial charge in [-0.15, -0.1) is 11.8 Å². The zero-order valence-corrected chi connectivity index (χ0v) is 18.7. The molecule has 2 heterocycles. The van der Waals surface area contributed by atoms with E-state index in [1.165, 1.54) is 37.2 Å². The number of aliphatic imine (C=N–C) groups is 1. The quantitative estimate of drug-likeness (QED) is 0.245. The standard InChI is InChI=1S/C20H25F3N6O2S/c1-12-8-13(4-5-15(12)20(21,22)23)26-17-16(25-11-24-2)18(32-3)28-19(27-17)29-6-7-31-14(9-29)10-30/h4-5,8,11,14,30H,6-7,9-10H2,1-3H3,(H,24,25)(H,26,27,28). The number of hydrogen-bond donors (Lipinski definition) is 3. The summed E-state index contributed by atoms with van der Waals surface area (Å²) in [6, 6.07) is 3.84. The van der Waals surface area contributed by atoms with Crippen molar-refractivity contribution in [1.29, 1.82) is 0 Å². The Kier molecular flexibility index (Phi) is 7.80. The maximum atomic E-state index is 13.1. The fraction of sp³-hybridized carbons (Fsp3) is 0.450. The molecule has 1 aromatic heterocycles. The van der Waals surface area contributed by atoms with Crippen LogP contribution in [0.5, 0.6) is 0 Å². The van der Waals surface area contributed by atoms with Gasteiger partial charge in [0.1, 0.15) is 10.7 Å². The molecule has 3 rings (SSSR count). The molecule has 1 unspecified atom stereocenters. The van der Waals surface area contributed by atoms with Crippen LogP contribution in [0.25, 0.3) is 0 Å². The number of rotatable bonds is 7. The maximum absolute atomic E-state index is 13.1. The minimum atomic E-state index is -4.42. The first-order valence-corrected chi connectivity index (χ1v) is 11.0. The van der Waals surface area contributed by atoms with Crippen molar-refractivity contribution in [3.8, 4) is 0 Å². The lowest BCUT2D eigenvalue weighted by molar-refractivity contribution is -0.138. The van der Waals surface area contributed by atoms with Gasteiger partial charge in [-0.05, 0) is 36.9 Å². The molecule has 0 saturated carbocycles. The van der Waals surface area contributed by atoms with Gasteiger partial charge in [0, 0.05) is 25.8 Å². The molecule has 1 aromatic carbocycles. The molecule has 1 aliphatic heterocycles. The molecule has 1 atom stereocenters. The molecule has 1 aliphatic rings. The minimum Gasteiger partial charge on any atom is -0.394 e. The van der Waals surface area contributed by atoms with E-state index in [0.29, 0.717) is 47.9 Å². The number of alkyl halides is 3. The molecule has 0 radical (unpaired) electrons. The van der Waals surface area contributed by atoms with Gasteiger partial charge in [-0.3, -0.25) is 4.99 Å². The highest BCUT2D eigenvalue weighted by Crippen LogP contribution is 2.36. The summed E-state index contributed by atoms with van der Waals surface area (Å²) in [4.78, 5) is 15.1. The van der Waals surface area contributed by atoms with Crippen molar-refractivity contribution in [2.75, 3.05) is 55.1 Å². The van der Waals surface area contributed by atoms with Crippen molar-refractivity contribution >= 4 is 41.2 Å². The Morgan fingerprint density at radius 3 is 2.78 bits per heavy atom. The van der Waals surface area contributed by atoms with Crippen LogP contribution in [0.4, 0.5) is 36.3 Å². The van der Waals surface area contributed by atoms with Gasteiger partial charge in [-0.2, -0.15) is 18.2 Å². The number of ether oxygens (including phenoxy) is 1. The Hall–Kier alpha value is -2.57. The number of benzene rings is 1. The second-order valence-electron chi connectivity index (χ2n) is 7.06. The van der Waals surface area contributed by atoms with Crippen molar-refractivity contribution in [3.05, 3.63) is 29.3 Å². The number of thioether (sulfide) groups is 1. The summed E-state index contributed by atoms with van der Waals surface area (Å²) in [5.74, 6) is 0.826. The highest BCUT2D eigenvalue weighted by molar-refractivity contribution is 7.98. The number of morpholine rings is 1. The molecule has 2 aromatic rings. The van der Waals surface area contributed by atoms with E-state index in [4.69, 9.17) is 4.74 Å². The highest BCUT2D eigenvalue weighted by Gasteiger charge is 2.32. The van der Waals surface area contributed by atoms with E-state index in [-0.39, 0.29) is 18.3 Å². The fourth-order valence-electron chi connectivity index (χ4n) is 3.28. The average Bonchev–Trinajstić information content (AvgIpc) is 2.77. The first-order chi connectivity index (χ1) is 15.3. The largest absolute Gasteiger partial charge is 0.416 e. The van der Waals surface area contributed by atoms with Gasteiger partial charge in [0.15, 0.2) is 5.82 Å². The molecule has 3 N–H and O–H groups in total. The van der Waals surface area contributed by atoms with E-state index >= 15 is 0 Å². The van der Waals surface area contributed by atoms with Crippen molar-refractivity contribution < 1.29 is 23.0 Å². The van der Waals surface area contributed by atoms with Gasteiger partial charge in [0.25, 0.3) is 0 Å². The zero-order valence-electron chi connectivity index (χ0n) is 17.9. The summed E-state index contributed by atoms with van der Waals surface area (Å²) in [6.45, 7) is 2.69. The van der Waals surface area contributed by atoms with Crippen LogP contribution in [0.15, 0.2) is 28.2 Å². The number of aryl methyl sites for hydroxylation is 1. The molecule has 174 valence electrons. The summed E-state index contributed by atoms with van der Waals surface area (Å²) >= 11 is 1.39. The predicted octanol–water partition coefficient (Wildman–Crippen LogP) is 3.54. The Morgan fingerprint density at radius 2 is 2.16 bits per heavy atom. The fourth-order valence-corrected chi connectivity index (χ4v) is 3.81. The Balaban J connectivity index is 2.01. The zero-order chi connectivity index (χ0) is 23.3. The number of hydrogen-bond acceptors (Lipinski definition) is 8. The molecule has 8 nitrogen and oxygen atoms in total. The predicted molar refractivity (Wildman–Crippen MR) is 120 cm³/mol. The second-order valence-corrected chi connectivity index (χ2v) is 7.86. The van der Waals surface area contributed by atoms with E-state index in [1.807, 2.05) is 11.2 Å². The lowest BCUT2D eigenvalue weighted by atomic mass is 10.1. The molecule has 0 amide bonds. The van der Waals surface area contributed by atoms with Crippen molar-refractivity contribution in [3.63, 3.8) is 0 Å². The van der Waals surface area contributed by atoms with Crippen LogP contribution in [0.2, 0.25) is 0 Å². The first kappa shape index (κ1) is 24.1. The summed E-state index contributed by atoms with van der Waals surface area (Å²) in [6.07, 6.45) is -1.41. The third-order valence-corrected chi connectivity index (χ3v) is 5.50. The summed E-state index contributed by atoms with van der Waals surface area (Å²) in [5, 5.41) is 16.2. The van der Waals surface area contributed by atoms with Crippen molar-refractivity contribution in [1.82, 2.24) is 9.97 Å². The van der Waals surface area contributed by atoms with Crippen molar-refractivity contribution in [2.24, 2.45) is 4.99 Å². The molecule has 0 spiro atoms. The van der Waals surface area contributed by atoms with E-state index < -0.39 is 11.7 Å². The van der Waals surface area contributed by atoms with Crippen LogP contribution in [-0.4, -0.2) is 67.1 Å². The summed E-state index contributed by atoms with van der Waals surface area (Å²) in [7, 11) is 1.61. The van der Waals surface area contributed by atoms with Crippen LogP contribution in [-0.2, 0) is 10.9 Å². The van der Waals surface area contributed by atoms with E-state index in [0.717, 1.165) is 6.07 Å². The number of aromatic nitrogens is 2. The number of aliphatic hydroxyl groups is 1. The van der Waals surface area contributed by atoms with E-state index in [1.54, 1.807) is 7.05 Å². The van der Waals surface area contributed by atoms with Crippen molar-refractivity contribution in [2.45, 2.75) is 24.2 Å². The van der Waals surface area contributed by atoms with Gasteiger partial charge < -0.3 is 25.4 Å². The van der Waals surface area contributed by atoms with Gasteiger partial charge >= 0.3 is 6.18 Å². The average molecular weight is 471 g/mol. The third kappa shape index (κ3) is 5.61. The molecule has 32 heavy (non-hydrogen) atoms. The van der Waals surface area contributed by atoms with Gasteiger partial charge in [0.2, 0.25) is 5.95 Å². The van der Waals surface area contributed by atoms with E-state index in [9.17, 15) is 18.3 Å². The molecule has 1 saturated heterocycles. The number of halogens is 3. The second kappa shape index (κ2) is 10.4. The number of anilines is 4. The van der Waals surface area contributed by atoms with Gasteiger partial charge in [-0.1, -0.05) is 0 Å². The summed E-state index contributed by atoms with van der Waals surface area (Å²) < 4.78 is 44.9.